The third-order valence-corrected chi connectivity index (χ3v) is 8.08. The van der Waals surface area contributed by atoms with Crippen molar-refractivity contribution in [1.82, 2.24) is 9.97 Å². The molecule has 35 heavy (non-hydrogen) atoms. The lowest BCUT2D eigenvalue weighted by atomic mass is 10.1. The molecule has 1 N–H and O–H groups in total. The molecule has 0 radical (unpaired) electrons. The maximum atomic E-state index is 12.9. The van der Waals surface area contributed by atoms with E-state index in [2.05, 4.69) is 15.3 Å². The summed E-state index contributed by atoms with van der Waals surface area (Å²) in [5.74, 6) is 1.42. The van der Waals surface area contributed by atoms with Gasteiger partial charge in [-0.2, -0.15) is 0 Å². The van der Waals surface area contributed by atoms with Crippen LogP contribution in [0.1, 0.15) is 25.0 Å². The highest BCUT2D eigenvalue weighted by molar-refractivity contribution is 7.58. The van der Waals surface area contributed by atoms with Crippen molar-refractivity contribution in [3.8, 4) is 17.0 Å². The minimum absolute atomic E-state index is 0.411. The van der Waals surface area contributed by atoms with Crippen molar-refractivity contribution in [3.05, 3.63) is 102 Å². The van der Waals surface area contributed by atoms with Crippen molar-refractivity contribution in [3.63, 3.8) is 0 Å². The van der Waals surface area contributed by atoms with Crippen molar-refractivity contribution < 1.29 is 13.8 Å². The number of benzene rings is 3. The zero-order chi connectivity index (χ0) is 24.5. The van der Waals surface area contributed by atoms with Crippen LogP contribution in [-0.4, -0.2) is 22.7 Å². The lowest BCUT2D eigenvalue weighted by Gasteiger charge is -2.16. The van der Waals surface area contributed by atoms with Gasteiger partial charge >= 0.3 is 0 Å². The molecule has 1 heterocycles. The number of hydrogen-bond acceptors (Lipinski definition) is 6. The molecular formula is C28H30N3O3P. The topological polar surface area (TPSA) is 73.3 Å². The van der Waals surface area contributed by atoms with E-state index in [1.165, 1.54) is 6.33 Å². The minimum atomic E-state index is -2.67. The second-order valence-corrected chi connectivity index (χ2v) is 10.9. The third-order valence-electron chi connectivity index (χ3n) is 5.54. The monoisotopic (exact) mass is 487 g/mol. The normalized spacial score (nSPS) is 12.6. The largest absolute Gasteiger partial charge is 0.488 e. The molecule has 4 aromatic rings. The first-order valence-corrected chi connectivity index (χ1v) is 13.7. The van der Waals surface area contributed by atoms with Crippen LogP contribution >= 0.6 is 7.37 Å². The summed E-state index contributed by atoms with van der Waals surface area (Å²) in [6.07, 6.45) is 2.46. The van der Waals surface area contributed by atoms with Crippen LogP contribution in [0.3, 0.4) is 0 Å². The van der Waals surface area contributed by atoms with Gasteiger partial charge in [-0.1, -0.05) is 61.5 Å². The SMILES string of the molecule is CCOP(=O)(CC)Cc1cccc(Nc2cc(-c3ccccc3OCc3ccccc3)ncn2)c1. The van der Waals surface area contributed by atoms with Crippen LogP contribution in [0, 0.1) is 0 Å². The predicted octanol–water partition coefficient (Wildman–Crippen LogP) is 7.30. The van der Waals surface area contributed by atoms with Crippen LogP contribution in [0.2, 0.25) is 0 Å². The molecule has 1 atom stereocenters. The molecule has 3 aromatic carbocycles. The molecule has 0 fully saturated rings. The second-order valence-electron chi connectivity index (χ2n) is 8.09. The molecule has 0 aliphatic heterocycles. The summed E-state index contributed by atoms with van der Waals surface area (Å²) in [5, 5.41) is 3.35. The molecule has 7 heteroatoms. The van der Waals surface area contributed by atoms with Crippen LogP contribution in [-0.2, 0) is 21.9 Å². The Morgan fingerprint density at radius 3 is 2.43 bits per heavy atom. The quantitative estimate of drug-likeness (QED) is 0.224. The van der Waals surface area contributed by atoms with Gasteiger partial charge in [0, 0.05) is 29.6 Å². The lowest BCUT2D eigenvalue weighted by Crippen LogP contribution is -2.00. The maximum absolute atomic E-state index is 12.9. The van der Waals surface area contributed by atoms with E-state index < -0.39 is 7.37 Å². The molecule has 6 nitrogen and oxygen atoms in total. The van der Waals surface area contributed by atoms with E-state index in [-0.39, 0.29) is 0 Å². The number of hydrogen-bond donors (Lipinski definition) is 1. The predicted molar refractivity (Wildman–Crippen MR) is 141 cm³/mol. The second kappa shape index (κ2) is 11.8. The van der Waals surface area contributed by atoms with E-state index in [0.717, 1.165) is 33.8 Å². The zero-order valence-electron chi connectivity index (χ0n) is 20.1. The first-order chi connectivity index (χ1) is 17.1. The fourth-order valence-electron chi connectivity index (χ4n) is 3.77. The zero-order valence-corrected chi connectivity index (χ0v) is 20.9. The molecule has 0 aliphatic carbocycles. The van der Waals surface area contributed by atoms with E-state index in [9.17, 15) is 4.57 Å². The van der Waals surface area contributed by atoms with Crippen molar-refractivity contribution in [2.45, 2.75) is 26.6 Å². The average molecular weight is 488 g/mol. The van der Waals surface area contributed by atoms with Gasteiger partial charge in [-0.15, -0.1) is 0 Å². The Morgan fingerprint density at radius 2 is 1.63 bits per heavy atom. The van der Waals surface area contributed by atoms with E-state index in [0.29, 0.717) is 31.4 Å². The van der Waals surface area contributed by atoms with Gasteiger partial charge in [0.2, 0.25) is 7.37 Å². The minimum Gasteiger partial charge on any atom is -0.488 e. The molecule has 180 valence electrons. The Hall–Kier alpha value is -3.47. The third kappa shape index (κ3) is 6.78. The summed E-state index contributed by atoms with van der Waals surface area (Å²) in [5.41, 5.74) is 4.57. The van der Waals surface area contributed by atoms with Gasteiger partial charge in [-0.3, -0.25) is 4.57 Å². The molecule has 0 spiro atoms. The summed E-state index contributed by atoms with van der Waals surface area (Å²) < 4.78 is 24.6. The first-order valence-electron chi connectivity index (χ1n) is 11.8. The number of anilines is 2. The summed E-state index contributed by atoms with van der Waals surface area (Å²) in [4.78, 5) is 8.87. The van der Waals surface area contributed by atoms with Crippen LogP contribution in [0.4, 0.5) is 11.5 Å². The van der Waals surface area contributed by atoms with Gasteiger partial charge in [0.25, 0.3) is 0 Å². The Balaban J connectivity index is 1.51. The summed E-state index contributed by atoms with van der Waals surface area (Å²) in [7, 11) is -2.67. The highest BCUT2D eigenvalue weighted by Crippen LogP contribution is 2.49. The van der Waals surface area contributed by atoms with E-state index in [1.807, 2.05) is 98.8 Å². The van der Waals surface area contributed by atoms with Crippen LogP contribution in [0.15, 0.2) is 91.3 Å². The van der Waals surface area contributed by atoms with Gasteiger partial charge < -0.3 is 14.6 Å². The molecule has 0 saturated carbocycles. The van der Waals surface area contributed by atoms with Crippen molar-refractivity contribution in [2.24, 2.45) is 0 Å². The standard InChI is InChI=1S/C28H30N3O3P/c1-3-34-35(32,4-2)20-23-13-10-14-24(17-23)31-28-18-26(29-21-30-28)25-15-8-9-16-27(25)33-19-22-11-6-5-7-12-22/h5-18,21H,3-4,19-20H2,1-2H3,(H,29,30,31). The van der Waals surface area contributed by atoms with Crippen molar-refractivity contribution >= 4 is 18.9 Å². The van der Waals surface area contributed by atoms with Gasteiger partial charge in [0.05, 0.1) is 12.3 Å². The van der Waals surface area contributed by atoms with Crippen LogP contribution < -0.4 is 10.1 Å². The first kappa shape index (κ1) is 24.6. The molecule has 4 rings (SSSR count). The molecular weight excluding hydrogens is 457 g/mol. The number of aromatic nitrogens is 2. The summed E-state index contributed by atoms with van der Waals surface area (Å²) in [6, 6.07) is 27.7. The molecule has 0 aliphatic rings. The molecule has 0 amide bonds. The van der Waals surface area contributed by atoms with E-state index >= 15 is 0 Å². The Morgan fingerprint density at radius 1 is 0.857 bits per heavy atom. The smallest absolute Gasteiger partial charge is 0.207 e. The van der Waals surface area contributed by atoms with E-state index in [4.69, 9.17) is 9.26 Å². The highest BCUT2D eigenvalue weighted by atomic mass is 31.2. The number of ether oxygens (including phenoxy) is 1. The van der Waals surface area contributed by atoms with Crippen molar-refractivity contribution in [2.75, 3.05) is 18.1 Å². The Labute approximate surface area is 206 Å². The number of rotatable bonds is 11. The van der Waals surface area contributed by atoms with E-state index in [1.54, 1.807) is 0 Å². The van der Waals surface area contributed by atoms with Gasteiger partial charge in [-0.05, 0) is 42.3 Å². The lowest BCUT2D eigenvalue weighted by molar-refractivity contribution is 0.307. The maximum Gasteiger partial charge on any atom is 0.207 e. The molecule has 0 saturated heterocycles. The molecule has 0 bridgehead atoms. The Kier molecular flexibility index (Phi) is 8.30. The van der Waals surface area contributed by atoms with Crippen molar-refractivity contribution in [1.29, 1.82) is 0 Å². The van der Waals surface area contributed by atoms with Gasteiger partial charge in [-0.25, -0.2) is 9.97 Å². The number of para-hydroxylation sites is 1. The van der Waals surface area contributed by atoms with Crippen LogP contribution in [0.5, 0.6) is 5.75 Å². The molecule has 1 aromatic heterocycles. The Bertz CT molecular complexity index is 1300. The molecule has 1 unspecified atom stereocenters. The number of nitrogens with zero attached hydrogens (tertiary/aromatic N) is 2. The fraction of sp³-hybridized carbons (Fsp3) is 0.214. The fourth-order valence-corrected chi connectivity index (χ4v) is 5.49. The van der Waals surface area contributed by atoms with Gasteiger partial charge in [0.15, 0.2) is 0 Å². The average Bonchev–Trinajstić information content (AvgIpc) is 2.89. The van der Waals surface area contributed by atoms with Gasteiger partial charge in [0.1, 0.15) is 24.5 Å². The summed E-state index contributed by atoms with van der Waals surface area (Å²) >= 11 is 0. The summed E-state index contributed by atoms with van der Waals surface area (Å²) in [6.45, 7) is 4.70. The highest BCUT2D eigenvalue weighted by Gasteiger charge is 2.20. The number of nitrogens with one attached hydrogen (secondary N) is 1. The van der Waals surface area contributed by atoms with Crippen LogP contribution in [0.25, 0.3) is 11.3 Å².